The summed E-state index contributed by atoms with van der Waals surface area (Å²) in [5.41, 5.74) is 5.42. The molecule has 2 aromatic heterocycles. The average molecular weight is 279 g/mol. The predicted molar refractivity (Wildman–Crippen MR) is 65.2 cm³/mol. The second-order valence-electron chi connectivity index (χ2n) is 5.20. The molecule has 106 valence electrons. The molecule has 1 saturated heterocycles. The lowest BCUT2D eigenvalue weighted by Gasteiger charge is -2.16. The Balaban J connectivity index is 1.79. The van der Waals surface area contributed by atoms with Gasteiger partial charge < -0.3 is 25.8 Å². The van der Waals surface area contributed by atoms with Crippen LogP contribution in [0.4, 0.5) is 5.82 Å². The Morgan fingerprint density at radius 1 is 1.30 bits per heavy atom. The molecule has 0 bridgehead atoms. The minimum atomic E-state index is -1.18. The first-order valence-corrected chi connectivity index (χ1v) is 6.19. The molecule has 0 aromatic carbocycles. The first-order valence-electron chi connectivity index (χ1n) is 6.19. The second kappa shape index (κ2) is 3.64. The van der Waals surface area contributed by atoms with E-state index in [1.165, 1.54) is 17.2 Å². The maximum atomic E-state index is 10.1. The first kappa shape index (κ1) is 12.0. The fraction of sp³-hybridized carbons (Fsp3) is 0.545. The van der Waals surface area contributed by atoms with Crippen molar-refractivity contribution in [2.24, 2.45) is 0 Å². The Hall–Kier alpha value is -1.81. The molecule has 5 N–H and O–H groups in total. The highest BCUT2D eigenvalue weighted by molar-refractivity contribution is 5.81. The summed E-state index contributed by atoms with van der Waals surface area (Å²) in [4.78, 5) is 12.0. The average Bonchev–Trinajstić information content (AvgIpc) is 2.80. The maximum Gasteiger partial charge on any atom is 0.167 e. The topological polar surface area (TPSA) is 140 Å². The molecule has 2 aromatic rings. The van der Waals surface area contributed by atoms with Crippen LogP contribution in [0.25, 0.3) is 11.2 Å². The molecule has 9 nitrogen and oxygen atoms in total. The molecular weight excluding hydrogens is 266 g/mol. The first-order chi connectivity index (χ1) is 9.54. The fourth-order valence-corrected chi connectivity index (χ4v) is 2.77. The zero-order valence-corrected chi connectivity index (χ0v) is 10.3. The van der Waals surface area contributed by atoms with Crippen molar-refractivity contribution in [2.75, 3.05) is 5.73 Å². The van der Waals surface area contributed by atoms with Gasteiger partial charge in [0.1, 0.15) is 29.7 Å². The molecule has 2 aliphatic rings. The van der Waals surface area contributed by atoms with Crippen LogP contribution in [0, 0.1) is 0 Å². The van der Waals surface area contributed by atoms with E-state index >= 15 is 0 Å². The Labute approximate surface area is 112 Å². The number of nitrogens with two attached hydrogens (primary N) is 1. The van der Waals surface area contributed by atoms with Gasteiger partial charge in [0, 0.05) is 6.42 Å². The van der Waals surface area contributed by atoms with E-state index < -0.39 is 30.1 Å². The molecule has 1 saturated carbocycles. The van der Waals surface area contributed by atoms with Crippen LogP contribution < -0.4 is 5.73 Å². The number of nitrogens with zero attached hydrogens (tertiary/aromatic N) is 4. The van der Waals surface area contributed by atoms with Crippen LogP contribution in [0.5, 0.6) is 0 Å². The summed E-state index contributed by atoms with van der Waals surface area (Å²) >= 11 is 0. The summed E-state index contributed by atoms with van der Waals surface area (Å²) in [7, 11) is 0. The van der Waals surface area contributed by atoms with Gasteiger partial charge in [-0.1, -0.05) is 0 Å². The zero-order chi connectivity index (χ0) is 14.1. The lowest BCUT2D eigenvalue weighted by Crippen LogP contribution is -2.34. The number of anilines is 1. The van der Waals surface area contributed by atoms with Crippen LogP contribution in [0.2, 0.25) is 0 Å². The number of hydrogen-bond acceptors (Lipinski definition) is 8. The van der Waals surface area contributed by atoms with E-state index in [-0.39, 0.29) is 5.82 Å². The van der Waals surface area contributed by atoms with Crippen molar-refractivity contribution in [3.63, 3.8) is 0 Å². The van der Waals surface area contributed by atoms with Crippen molar-refractivity contribution in [2.45, 2.75) is 36.6 Å². The lowest BCUT2D eigenvalue weighted by molar-refractivity contribution is -0.0633. The van der Waals surface area contributed by atoms with Crippen LogP contribution in [0.3, 0.4) is 0 Å². The van der Waals surface area contributed by atoms with E-state index in [0.29, 0.717) is 17.6 Å². The Bertz CT molecular complexity index is 691. The SMILES string of the molecule is Nc1ncnc2c1ncn2[C@@H]1O[C@@]2(C[C@H]2O)C(O)[C@@H]1O. The van der Waals surface area contributed by atoms with Crippen molar-refractivity contribution in [3.8, 4) is 0 Å². The molecule has 1 spiro atoms. The van der Waals surface area contributed by atoms with Crippen molar-refractivity contribution >= 4 is 17.0 Å². The number of fused-ring (bicyclic) bond motifs is 1. The van der Waals surface area contributed by atoms with Gasteiger partial charge in [-0.2, -0.15) is 0 Å². The number of hydrogen-bond donors (Lipinski definition) is 4. The number of ether oxygens (including phenoxy) is 1. The summed E-state index contributed by atoms with van der Waals surface area (Å²) in [6.07, 6.45) is -0.974. The normalized spacial score (nSPS) is 39.8. The molecule has 0 radical (unpaired) electrons. The minimum absolute atomic E-state index is 0.225. The number of aliphatic hydroxyl groups is 3. The molecule has 1 aliphatic carbocycles. The Morgan fingerprint density at radius 3 is 2.70 bits per heavy atom. The van der Waals surface area contributed by atoms with Crippen molar-refractivity contribution in [1.29, 1.82) is 0 Å². The van der Waals surface area contributed by atoms with Gasteiger partial charge in [0.15, 0.2) is 17.7 Å². The standard InChI is InChI=1S/C11H13N5O4/c12-8-5-9(14-2-13-8)16(3-15-5)10-6(18)7(19)11(20-10)1-4(11)17/h2-4,6-7,10,17-19H,1H2,(H2,12,13,14)/t4-,6+,7?,10-,11-/m1/s1. The van der Waals surface area contributed by atoms with Crippen molar-refractivity contribution < 1.29 is 20.1 Å². The van der Waals surface area contributed by atoms with Gasteiger partial charge in [0.2, 0.25) is 0 Å². The molecule has 5 atom stereocenters. The van der Waals surface area contributed by atoms with Crippen LogP contribution in [0.15, 0.2) is 12.7 Å². The number of aliphatic hydroxyl groups excluding tert-OH is 3. The van der Waals surface area contributed by atoms with E-state index in [1.54, 1.807) is 0 Å². The highest BCUT2D eigenvalue weighted by atomic mass is 16.6. The van der Waals surface area contributed by atoms with Crippen LogP contribution >= 0.6 is 0 Å². The van der Waals surface area contributed by atoms with Crippen LogP contribution in [-0.2, 0) is 4.74 Å². The molecule has 2 fully saturated rings. The molecule has 1 unspecified atom stereocenters. The number of imidazole rings is 1. The third-order valence-corrected chi connectivity index (χ3v) is 4.03. The molecule has 20 heavy (non-hydrogen) atoms. The van der Waals surface area contributed by atoms with Crippen LogP contribution in [-0.4, -0.2) is 58.8 Å². The van der Waals surface area contributed by atoms with Gasteiger partial charge in [0.05, 0.1) is 12.4 Å². The maximum absolute atomic E-state index is 10.1. The quantitative estimate of drug-likeness (QED) is 0.477. The summed E-state index contributed by atoms with van der Waals surface area (Å²) in [6, 6.07) is 0. The van der Waals surface area contributed by atoms with E-state index in [2.05, 4.69) is 15.0 Å². The highest BCUT2D eigenvalue weighted by Gasteiger charge is 2.69. The van der Waals surface area contributed by atoms with Gasteiger partial charge in [-0.15, -0.1) is 0 Å². The summed E-state index contributed by atoms with van der Waals surface area (Å²) in [5.74, 6) is 0.225. The zero-order valence-electron chi connectivity index (χ0n) is 10.3. The van der Waals surface area contributed by atoms with Gasteiger partial charge in [-0.25, -0.2) is 15.0 Å². The van der Waals surface area contributed by atoms with E-state index in [4.69, 9.17) is 10.5 Å². The van der Waals surface area contributed by atoms with Gasteiger partial charge in [0.25, 0.3) is 0 Å². The van der Waals surface area contributed by atoms with Gasteiger partial charge >= 0.3 is 0 Å². The van der Waals surface area contributed by atoms with Crippen LogP contribution in [0.1, 0.15) is 12.6 Å². The molecule has 3 heterocycles. The monoisotopic (exact) mass is 279 g/mol. The van der Waals surface area contributed by atoms with E-state index in [0.717, 1.165) is 0 Å². The number of nitrogen functional groups attached to an aromatic ring is 1. The highest BCUT2D eigenvalue weighted by Crippen LogP contribution is 2.53. The number of rotatable bonds is 1. The largest absolute Gasteiger partial charge is 0.390 e. The minimum Gasteiger partial charge on any atom is -0.390 e. The fourth-order valence-electron chi connectivity index (χ4n) is 2.77. The summed E-state index contributed by atoms with van der Waals surface area (Å²) in [5, 5.41) is 29.8. The van der Waals surface area contributed by atoms with E-state index in [1.807, 2.05) is 0 Å². The smallest absolute Gasteiger partial charge is 0.167 e. The molecular formula is C11H13N5O4. The van der Waals surface area contributed by atoms with Gasteiger partial charge in [-0.05, 0) is 0 Å². The molecule has 1 aliphatic heterocycles. The number of aromatic nitrogens is 4. The van der Waals surface area contributed by atoms with E-state index in [9.17, 15) is 15.3 Å². The summed E-state index contributed by atoms with van der Waals surface area (Å²) < 4.78 is 7.15. The van der Waals surface area contributed by atoms with Gasteiger partial charge in [-0.3, -0.25) is 4.57 Å². The predicted octanol–water partition coefficient (Wildman–Crippen LogP) is -1.84. The second-order valence-corrected chi connectivity index (χ2v) is 5.20. The Morgan fingerprint density at radius 2 is 2.05 bits per heavy atom. The van der Waals surface area contributed by atoms with Crippen molar-refractivity contribution in [3.05, 3.63) is 12.7 Å². The molecule has 9 heteroatoms. The third-order valence-electron chi connectivity index (χ3n) is 4.03. The molecule has 0 amide bonds. The Kier molecular flexibility index (Phi) is 2.18. The summed E-state index contributed by atoms with van der Waals surface area (Å²) in [6.45, 7) is 0. The van der Waals surface area contributed by atoms with Crippen molar-refractivity contribution in [1.82, 2.24) is 19.5 Å². The lowest BCUT2D eigenvalue weighted by atomic mass is 10.1. The third kappa shape index (κ3) is 1.32. The molecule has 4 rings (SSSR count).